The smallest absolute Gasteiger partial charge is 0.304 e. The molecule has 0 amide bonds. The average Bonchev–Trinajstić information content (AvgIpc) is 3.03. The maximum absolute atomic E-state index is 11.6. The fraction of sp³-hybridized carbons (Fsp3) is 0.176. The minimum atomic E-state index is -1.58. The lowest BCUT2D eigenvalue weighted by molar-refractivity contribution is -0.138. The third kappa shape index (κ3) is 2.14. The highest BCUT2D eigenvalue weighted by molar-refractivity contribution is 8.00. The lowest BCUT2D eigenvalue weighted by Gasteiger charge is -2.32. The summed E-state index contributed by atoms with van der Waals surface area (Å²) >= 11 is 7.59. The number of rotatable bonds is 3. The first kappa shape index (κ1) is 15.5. The van der Waals surface area contributed by atoms with Crippen LogP contribution in [0.5, 0.6) is 0 Å². The van der Waals surface area contributed by atoms with Gasteiger partial charge in [0.15, 0.2) is 10.9 Å². The molecule has 2 N–H and O–H groups in total. The van der Waals surface area contributed by atoms with Crippen molar-refractivity contribution in [2.24, 2.45) is 0 Å². The number of hydrogen-bond acceptors (Lipinski definition) is 4. The van der Waals surface area contributed by atoms with Gasteiger partial charge in [-0.05, 0) is 18.2 Å². The van der Waals surface area contributed by atoms with Crippen LogP contribution >= 0.6 is 23.4 Å². The third-order valence-electron chi connectivity index (χ3n) is 4.20. The van der Waals surface area contributed by atoms with E-state index in [9.17, 15) is 15.0 Å². The van der Waals surface area contributed by atoms with Gasteiger partial charge in [-0.3, -0.25) is 9.36 Å². The standard InChI is InChI=1S/C17H13ClN2O3S/c18-11-6-2-1-5-10(11)17(23)14(9-15(21)22)24-16-19-12-7-3-4-8-13(12)20(16)17/h1-8,14,23H,9H2,(H,21,22). The van der Waals surface area contributed by atoms with Crippen LogP contribution in [0.15, 0.2) is 53.7 Å². The normalized spacial score (nSPS) is 22.7. The molecule has 0 saturated carbocycles. The van der Waals surface area contributed by atoms with Gasteiger partial charge in [-0.1, -0.05) is 53.7 Å². The van der Waals surface area contributed by atoms with Crippen LogP contribution in [-0.4, -0.2) is 31.0 Å². The summed E-state index contributed by atoms with van der Waals surface area (Å²) in [5.74, 6) is -0.979. The Kier molecular flexibility index (Phi) is 3.56. The summed E-state index contributed by atoms with van der Waals surface area (Å²) in [5, 5.41) is 21.3. The molecule has 3 aromatic rings. The van der Waals surface area contributed by atoms with Gasteiger partial charge in [0.1, 0.15) is 0 Å². The van der Waals surface area contributed by atoms with Gasteiger partial charge >= 0.3 is 5.97 Å². The van der Waals surface area contributed by atoms with Crippen LogP contribution in [0.2, 0.25) is 5.02 Å². The first-order chi connectivity index (χ1) is 11.5. The number of fused-ring (bicyclic) bond motifs is 3. The first-order valence-electron chi connectivity index (χ1n) is 7.35. The summed E-state index contributed by atoms with van der Waals surface area (Å²) in [4.78, 5) is 15.8. The van der Waals surface area contributed by atoms with E-state index >= 15 is 0 Å². The van der Waals surface area contributed by atoms with Gasteiger partial charge in [-0.2, -0.15) is 0 Å². The molecule has 0 bridgehead atoms. The van der Waals surface area contributed by atoms with Crippen molar-refractivity contribution in [3.8, 4) is 0 Å². The molecule has 122 valence electrons. The monoisotopic (exact) mass is 360 g/mol. The van der Waals surface area contributed by atoms with E-state index in [4.69, 9.17) is 11.6 Å². The quantitative estimate of drug-likeness (QED) is 0.749. The van der Waals surface area contributed by atoms with Crippen molar-refractivity contribution < 1.29 is 15.0 Å². The molecule has 2 aromatic carbocycles. The zero-order chi connectivity index (χ0) is 16.9. The van der Waals surface area contributed by atoms with Crippen molar-refractivity contribution in [1.29, 1.82) is 0 Å². The number of thioether (sulfide) groups is 1. The van der Waals surface area contributed by atoms with E-state index in [2.05, 4.69) is 4.98 Å². The largest absolute Gasteiger partial charge is 0.481 e. The molecule has 1 aliphatic heterocycles. The summed E-state index contributed by atoms with van der Waals surface area (Å²) < 4.78 is 1.70. The van der Waals surface area contributed by atoms with E-state index in [0.29, 0.717) is 15.7 Å². The number of hydrogen-bond donors (Lipinski definition) is 2. The van der Waals surface area contributed by atoms with E-state index in [1.54, 1.807) is 28.8 Å². The Balaban J connectivity index is 2.00. The minimum absolute atomic E-state index is 0.204. The fourth-order valence-corrected chi connectivity index (χ4v) is 4.81. The Bertz CT molecular complexity index is 958. The Morgan fingerprint density at radius 3 is 2.71 bits per heavy atom. The number of carbonyl (C=O) groups is 1. The molecule has 0 radical (unpaired) electrons. The van der Waals surface area contributed by atoms with Crippen molar-refractivity contribution in [1.82, 2.24) is 9.55 Å². The number of para-hydroxylation sites is 2. The maximum atomic E-state index is 11.6. The number of imidazole rings is 1. The molecule has 4 rings (SSSR count). The van der Waals surface area contributed by atoms with E-state index in [1.165, 1.54) is 11.8 Å². The predicted molar refractivity (Wildman–Crippen MR) is 92.4 cm³/mol. The van der Waals surface area contributed by atoms with Gasteiger partial charge in [0.05, 0.1) is 22.7 Å². The second-order valence-corrected chi connectivity index (χ2v) is 7.21. The molecule has 1 aliphatic rings. The zero-order valence-corrected chi connectivity index (χ0v) is 14.0. The van der Waals surface area contributed by atoms with Crippen molar-refractivity contribution >= 4 is 40.4 Å². The molecule has 2 atom stereocenters. The second-order valence-electron chi connectivity index (χ2n) is 5.63. The molecule has 24 heavy (non-hydrogen) atoms. The molecule has 2 heterocycles. The number of carboxylic acids is 1. The van der Waals surface area contributed by atoms with Gasteiger partial charge in [0, 0.05) is 10.6 Å². The molecular weight excluding hydrogens is 348 g/mol. The van der Waals surface area contributed by atoms with Gasteiger partial charge < -0.3 is 10.2 Å². The number of carboxylic acid groups (broad SMARTS) is 1. The molecule has 0 aliphatic carbocycles. The fourth-order valence-electron chi connectivity index (χ4n) is 3.16. The zero-order valence-electron chi connectivity index (χ0n) is 12.4. The molecule has 5 nitrogen and oxygen atoms in total. The molecule has 0 saturated heterocycles. The summed E-state index contributed by atoms with van der Waals surface area (Å²) in [5.41, 5.74) is 0.397. The predicted octanol–water partition coefficient (Wildman–Crippen LogP) is 3.33. The van der Waals surface area contributed by atoms with E-state index in [-0.39, 0.29) is 6.42 Å². The van der Waals surface area contributed by atoms with Crippen LogP contribution in [0.4, 0.5) is 0 Å². The Morgan fingerprint density at radius 1 is 1.25 bits per heavy atom. The Labute approximate surface area is 146 Å². The SMILES string of the molecule is O=C(O)CC1Sc2nc3ccccc3n2C1(O)c1ccccc1Cl. The van der Waals surface area contributed by atoms with Crippen molar-refractivity contribution in [2.45, 2.75) is 22.6 Å². The van der Waals surface area contributed by atoms with E-state index in [1.807, 2.05) is 24.3 Å². The van der Waals surface area contributed by atoms with Crippen LogP contribution in [0, 0.1) is 0 Å². The molecule has 0 fully saturated rings. The highest BCUT2D eigenvalue weighted by atomic mass is 35.5. The van der Waals surface area contributed by atoms with Gasteiger partial charge in [0.2, 0.25) is 0 Å². The van der Waals surface area contributed by atoms with Crippen LogP contribution in [0.25, 0.3) is 11.0 Å². The number of aliphatic hydroxyl groups is 1. The molecule has 2 unspecified atom stereocenters. The maximum Gasteiger partial charge on any atom is 0.304 e. The number of benzene rings is 2. The highest BCUT2D eigenvalue weighted by Gasteiger charge is 2.51. The van der Waals surface area contributed by atoms with Gasteiger partial charge in [0.25, 0.3) is 0 Å². The van der Waals surface area contributed by atoms with Crippen LogP contribution < -0.4 is 0 Å². The highest BCUT2D eigenvalue weighted by Crippen LogP contribution is 2.50. The summed E-state index contributed by atoms with van der Waals surface area (Å²) in [6.07, 6.45) is -0.204. The lowest BCUT2D eigenvalue weighted by atomic mass is 9.96. The summed E-state index contributed by atoms with van der Waals surface area (Å²) in [6.45, 7) is 0. The van der Waals surface area contributed by atoms with E-state index in [0.717, 1.165) is 11.0 Å². The van der Waals surface area contributed by atoms with Crippen LogP contribution in [-0.2, 0) is 10.5 Å². The van der Waals surface area contributed by atoms with Gasteiger partial charge in [-0.15, -0.1) is 0 Å². The Morgan fingerprint density at radius 2 is 1.96 bits per heavy atom. The average molecular weight is 361 g/mol. The molecule has 0 spiro atoms. The lowest BCUT2D eigenvalue weighted by Crippen LogP contribution is -2.41. The van der Waals surface area contributed by atoms with E-state index < -0.39 is 16.9 Å². The van der Waals surface area contributed by atoms with Crippen molar-refractivity contribution in [3.05, 3.63) is 59.1 Å². The topological polar surface area (TPSA) is 75.3 Å². The minimum Gasteiger partial charge on any atom is -0.481 e. The van der Waals surface area contributed by atoms with Crippen LogP contribution in [0.1, 0.15) is 12.0 Å². The third-order valence-corrected chi connectivity index (χ3v) is 5.79. The number of aliphatic carboxylic acids is 1. The summed E-state index contributed by atoms with van der Waals surface area (Å²) in [6, 6.07) is 14.4. The second kappa shape index (κ2) is 5.51. The van der Waals surface area contributed by atoms with Crippen LogP contribution in [0.3, 0.4) is 0 Å². The van der Waals surface area contributed by atoms with Gasteiger partial charge in [-0.25, -0.2) is 4.98 Å². The number of aromatic nitrogens is 2. The Hall–Kier alpha value is -2.02. The number of halogens is 1. The number of nitrogens with zero attached hydrogens (tertiary/aromatic N) is 2. The first-order valence-corrected chi connectivity index (χ1v) is 8.61. The molecule has 7 heteroatoms. The molecule has 1 aromatic heterocycles. The summed E-state index contributed by atoms with van der Waals surface area (Å²) in [7, 11) is 0. The molecular formula is C17H13ClN2O3S. The van der Waals surface area contributed by atoms with Crippen molar-refractivity contribution in [3.63, 3.8) is 0 Å². The van der Waals surface area contributed by atoms with Crippen molar-refractivity contribution in [2.75, 3.05) is 0 Å².